The number of benzene rings is 2. The fourth-order valence-electron chi connectivity index (χ4n) is 4.91. The van der Waals surface area contributed by atoms with E-state index in [1.165, 1.54) is 5.56 Å². The van der Waals surface area contributed by atoms with Crippen LogP contribution >= 0.6 is 0 Å². The van der Waals surface area contributed by atoms with Gasteiger partial charge in [-0.3, -0.25) is 14.5 Å². The molecule has 36 heavy (non-hydrogen) atoms. The molecular weight excluding hydrogens is 458 g/mol. The zero-order valence-corrected chi connectivity index (χ0v) is 21.5. The molecule has 0 spiro atoms. The molecule has 2 aromatic carbocycles. The van der Waals surface area contributed by atoms with E-state index in [9.17, 15) is 9.59 Å². The van der Waals surface area contributed by atoms with Crippen LogP contribution in [0.4, 0.5) is 0 Å². The first kappa shape index (κ1) is 25.7. The maximum absolute atomic E-state index is 13.6. The van der Waals surface area contributed by atoms with Crippen molar-refractivity contribution in [3.63, 3.8) is 0 Å². The summed E-state index contributed by atoms with van der Waals surface area (Å²) in [6, 6.07) is 13.5. The zero-order valence-electron chi connectivity index (χ0n) is 21.5. The number of rotatable bonds is 8. The Morgan fingerprint density at radius 3 is 2.56 bits per heavy atom. The number of methoxy groups -OCH3 is 2. The van der Waals surface area contributed by atoms with Crippen LogP contribution in [0.5, 0.6) is 11.5 Å². The smallest absolute Gasteiger partial charge is 0.310 e. The number of hydrogen-bond acceptors (Lipinski definition) is 7. The van der Waals surface area contributed by atoms with Crippen molar-refractivity contribution in [2.45, 2.75) is 39.2 Å². The standard InChI is InChI=1S/C28H35N3O5/c1-5-36-28(33)21-7-6-14-30(17-21)18-27(32)31-25(23-13-12-22(34-3)15-26(23)35-4)16-24(29-31)20-10-8-19(2)9-11-20/h8-13,15,21,25H,5-7,14,16-18H2,1-4H3. The second-order valence-corrected chi connectivity index (χ2v) is 9.31. The third-order valence-electron chi connectivity index (χ3n) is 6.83. The number of aryl methyl sites for hydroxylation is 1. The summed E-state index contributed by atoms with van der Waals surface area (Å²) in [5.74, 6) is 0.845. The van der Waals surface area contributed by atoms with Gasteiger partial charge < -0.3 is 14.2 Å². The lowest BCUT2D eigenvalue weighted by Gasteiger charge is -2.32. The first-order valence-electron chi connectivity index (χ1n) is 12.5. The van der Waals surface area contributed by atoms with Crippen LogP contribution in [-0.4, -0.2) is 68.0 Å². The van der Waals surface area contributed by atoms with E-state index in [1.54, 1.807) is 19.2 Å². The van der Waals surface area contributed by atoms with Crippen molar-refractivity contribution in [3.8, 4) is 11.5 Å². The Hall–Kier alpha value is -3.39. The molecule has 2 aromatic rings. The molecule has 2 unspecified atom stereocenters. The maximum Gasteiger partial charge on any atom is 0.310 e. The van der Waals surface area contributed by atoms with Crippen LogP contribution in [0.2, 0.25) is 0 Å². The van der Waals surface area contributed by atoms with Crippen LogP contribution in [0.1, 0.15) is 48.9 Å². The first-order chi connectivity index (χ1) is 17.4. The third kappa shape index (κ3) is 5.70. The van der Waals surface area contributed by atoms with E-state index < -0.39 is 0 Å². The van der Waals surface area contributed by atoms with Crippen molar-refractivity contribution in [2.75, 3.05) is 40.5 Å². The number of nitrogens with zero attached hydrogens (tertiary/aromatic N) is 3. The Morgan fingerprint density at radius 2 is 1.86 bits per heavy atom. The predicted octanol–water partition coefficient (Wildman–Crippen LogP) is 3.97. The molecule has 8 nitrogen and oxygen atoms in total. The minimum Gasteiger partial charge on any atom is -0.497 e. The van der Waals surface area contributed by atoms with Crippen molar-refractivity contribution in [2.24, 2.45) is 11.0 Å². The highest BCUT2D eigenvalue weighted by Crippen LogP contribution is 2.39. The molecule has 0 saturated carbocycles. The summed E-state index contributed by atoms with van der Waals surface area (Å²) in [6.07, 6.45) is 2.21. The molecule has 0 bridgehead atoms. The Balaban J connectivity index is 1.59. The highest BCUT2D eigenvalue weighted by Gasteiger charge is 2.36. The summed E-state index contributed by atoms with van der Waals surface area (Å²) in [7, 11) is 3.23. The van der Waals surface area contributed by atoms with Crippen molar-refractivity contribution >= 4 is 17.6 Å². The summed E-state index contributed by atoms with van der Waals surface area (Å²) >= 11 is 0. The largest absolute Gasteiger partial charge is 0.497 e. The van der Waals surface area contributed by atoms with Gasteiger partial charge in [0.25, 0.3) is 5.91 Å². The Labute approximate surface area is 212 Å². The molecule has 0 aromatic heterocycles. The highest BCUT2D eigenvalue weighted by molar-refractivity contribution is 6.03. The minimum atomic E-state index is -0.305. The van der Waals surface area contributed by atoms with Gasteiger partial charge in [-0.05, 0) is 50.9 Å². The molecule has 0 aliphatic carbocycles. The molecule has 0 N–H and O–H groups in total. The molecule has 2 aliphatic heterocycles. The van der Waals surface area contributed by atoms with E-state index in [0.717, 1.165) is 36.2 Å². The fraction of sp³-hybridized carbons (Fsp3) is 0.464. The summed E-state index contributed by atoms with van der Waals surface area (Å²) in [5.41, 5.74) is 3.89. The molecule has 4 rings (SSSR count). The number of hydrazone groups is 1. The molecular formula is C28H35N3O5. The van der Waals surface area contributed by atoms with Gasteiger partial charge in [-0.25, -0.2) is 5.01 Å². The summed E-state index contributed by atoms with van der Waals surface area (Å²) in [5, 5.41) is 6.40. The van der Waals surface area contributed by atoms with Crippen LogP contribution in [-0.2, 0) is 14.3 Å². The highest BCUT2D eigenvalue weighted by atomic mass is 16.5. The number of piperidine rings is 1. The van der Waals surface area contributed by atoms with Gasteiger partial charge in [-0.1, -0.05) is 29.8 Å². The van der Waals surface area contributed by atoms with Gasteiger partial charge in [-0.15, -0.1) is 0 Å². The second-order valence-electron chi connectivity index (χ2n) is 9.31. The molecule has 2 heterocycles. The zero-order chi connectivity index (χ0) is 25.7. The van der Waals surface area contributed by atoms with Crippen molar-refractivity contribution in [1.29, 1.82) is 0 Å². The number of esters is 1. The van der Waals surface area contributed by atoms with Crippen molar-refractivity contribution < 1.29 is 23.8 Å². The molecule has 2 atom stereocenters. The number of carbonyl (C=O) groups excluding carboxylic acids is 2. The molecule has 1 amide bonds. The predicted molar refractivity (Wildman–Crippen MR) is 137 cm³/mol. The summed E-state index contributed by atoms with van der Waals surface area (Å²) in [4.78, 5) is 28.0. The SMILES string of the molecule is CCOC(=O)C1CCCN(CC(=O)N2N=C(c3ccc(C)cc3)CC2c2ccc(OC)cc2OC)C1. The lowest BCUT2D eigenvalue weighted by molar-refractivity contribution is -0.150. The van der Waals surface area contributed by atoms with Crippen molar-refractivity contribution in [1.82, 2.24) is 9.91 Å². The Bertz CT molecular complexity index is 1110. The molecule has 192 valence electrons. The van der Waals surface area contributed by atoms with Crippen LogP contribution in [0.3, 0.4) is 0 Å². The van der Waals surface area contributed by atoms with E-state index in [4.69, 9.17) is 19.3 Å². The van der Waals surface area contributed by atoms with Gasteiger partial charge in [0.15, 0.2) is 0 Å². The van der Waals surface area contributed by atoms with Crippen LogP contribution in [0.25, 0.3) is 0 Å². The van der Waals surface area contributed by atoms with E-state index >= 15 is 0 Å². The number of likely N-dealkylation sites (tertiary alicyclic amines) is 1. The number of ether oxygens (including phenoxy) is 3. The Morgan fingerprint density at radius 1 is 1.08 bits per heavy atom. The van der Waals surface area contributed by atoms with E-state index in [2.05, 4.69) is 12.1 Å². The van der Waals surface area contributed by atoms with E-state index in [1.807, 2.05) is 49.1 Å². The normalized spacial score (nSPS) is 20.1. The van der Waals surface area contributed by atoms with E-state index in [0.29, 0.717) is 31.1 Å². The monoisotopic (exact) mass is 493 g/mol. The van der Waals surface area contributed by atoms with Gasteiger partial charge in [0.05, 0.1) is 45.0 Å². The Kier molecular flexibility index (Phi) is 8.25. The van der Waals surface area contributed by atoms with Gasteiger partial charge in [0.2, 0.25) is 0 Å². The van der Waals surface area contributed by atoms with E-state index in [-0.39, 0.29) is 30.4 Å². The summed E-state index contributed by atoms with van der Waals surface area (Å²) < 4.78 is 16.2. The fourth-order valence-corrected chi connectivity index (χ4v) is 4.91. The molecule has 8 heteroatoms. The van der Waals surface area contributed by atoms with Gasteiger partial charge in [0.1, 0.15) is 11.5 Å². The number of hydrogen-bond donors (Lipinski definition) is 0. The summed E-state index contributed by atoms with van der Waals surface area (Å²) in [6.45, 7) is 5.69. The maximum atomic E-state index is 13.6. The van der Waals surface area contributed by atoms with Crippen LogP contribution in [0.15, 0.2) is 47.6 Å². The molecule has 1 saturated heterocycles. The second kappa shape index (κ2) is 11.6. The van der Waals surface area contributed by atoms with Gasteiger partial charge in [0, 0.05) is 24.6 Å². The van der Waals surface area contributed by atoms with Crippen LogP contribution in [0, 0.1) is 12.8 Å². The quantitative estimate of drug-likeness (QED) is 0.518. The molecule has 1 fully saturated rings. The van der Waals surface area contributed by atoms with Crippen molar-refractivity contribution in [3.05, 3.63) is 59.2 Å². The lowest BCUT2D eigenvalue weighted by atomic mass is 9.96. The number of carbonyl (C=O) groups is 2. The lowest BCUT2D eigenvalue weighted by Crippen LogP contribution is -2.44. The minimum absolute atomic E-state index is 0.107. The molecule has 0 radical (unpaired) electrons. The first-order valence-corrected chi connectivity index (χ1v) is 12.5. The van der Waals surface area contributed by atoms with Crippen LogP contribution < -0.4 is 9.47 Å². The molecule has 2 aliphatic rings. The average Bonchev–Trinajstić information content (AvgIpc) is 3.34. The number of amides is 1. The topological polar surface area (TPSA) is 80.7 Å². The third-order valence-corrected chi connectivity index (χ3v) is 6.83. The van der Waals surface area contributed by atoms with Gasteiger partial charge in [-0.2, -0.15) is 5.10 Å². The van der Waals surface area contributed by atoms with Gasteiger partial charge >= 0.3 is 5.97 Å². The average molecular weight is 494 g/mol.